The summed E-state index contributed by atoms with van der Waals surface area (Å²) in [7, 11) is 0. The van der Waals surface area contributed by atoms with E-state index in [1.165, 1.54) is 8.66 Å². The molecule has 1 aromatic rings. The molecule has 0 spiro atoms. The van der Waals surface area contributed by atoms with Crippen molar-refractivity contribution in [2.24, 2.45) is 5.41 Å². The summed E-state index contributed by atoms with van der Waals surface area (Å²) in [6.45, 7) is 13.7. The van der Waals surface area contributed by atoms with Crippen LogP contribution in [0, 0.1) is 5.41 Å². The van der Waals surface area contributed by atoms with Crippen molar-refractivity contribution >= 4 is 27.3 Å². The summed E-state index contributed by atoms with van der Waals surface area (Å²) in [5.41, 5.74) is 0.514. The van der Waals surface area contributed by atoms with Crippen molar-refractivity contribution in [3.05, 3.63) is 20.8 Å². The Labute approximate surface area is 118 Å². The summed E-state index contributed by atoms with van der Waals surface area (Å²) in [4.78, 5) is 1.39. The van der Waals surface area contributed by atoms with Gasteiger partial charge in [0.1, 0.15) is 0 Å². The molecule has 0 aliphatic rings. The lowest BCUT2D eigenvalue weighted by Gasteiger charge is -2.35. The molecule has 0 radical (unpaired) electrons. The van der Waals surface area contributed by atoms with Gasteiger partial charge in [-0.25, -0.2) is 0 Å². The zero-order chi connectivity index (χ0) is 13.3. The Morgan fingerprint density at radius 1 is 1.24 bits per heavy atom. The van der Waals surface area contributed by atoms with Crippen LogP contribution >= 0.6 is 27.3 Å². The summed E-state index contributed by atoms with van der Waals surface area (Å²) >= 11 is 5.33. The fraction of sp³-hybridized carbons (Fsp3) is 0.714. The quantitative estimate of drug-likeness (QED) is 0.786. The van der Waals surface area contributed by atoms with Crippen LogP contribution in [0.25, 0.3) is 0 Å². The van der Waals surface area contributed by atoms with Crippen LogP contribution in [-0.2, 0) is 0 Å². The van der Waals surface area contributed by atoms with Gasteiger partial charge in [0.2, 0.25) is 0 Å². The Morgan fingerprint density at radius 2 is 1.82 bits per heavy atom. The molecular weight excluding hydrogens is 294 g/mol. The van der Waals surface area contributed by atoms with Gasteiger partial charge in [-0.1, -0.05) is 20.8 Å². The molecule has 0 aliphatic heterocycles. The van der Waals surface area contributed by atoms with Gasteiger partial charge in [0.05, 0.1) is 3.79 Å². The molecule has 0 bridgehead atoms. The molecule has 1 atom stereocenters. The van der Waals surface area contributed by atoms with Gasteiger partial charge in [-0.2, -0.15) is 0 Å². The van der Waals surface area contributed by atoms with Gasteiger partial charge >= 0.3 is 0 Å². The summed E-state index contributed by atoms with van der Waals surface area (Å²) in [5.74, 6) is 0. The van der Waals surface area contributed by atoms with E-state index in [4.69, 9.17) is 0 Å². The lowest BCUT2D eigenvalue weighted by atomic mass is 9.81. The van der Waals surface area contributed by atoms with Crippen LogP contribution < -0.4 is 5.32 Å². The predicted molar refractivity (Wildman–Crippen MR) is 81.7 cm³/mol. The lowest BCUT2D eigenvalue weighted by Crippen LogP contribution is -2.43. The minimum atomic E-state index is 0.161. The van der Waals surface area contributed by atoms with Crippen LogP contribution in [0.4, 0.5) is 0 Å². The first-order valence-corrected chi connectivity index (χ1v) is 7.73. The monoisotopic (exact) mass is 317 g/mol. The SMILES string of the molecule is CC(NC(C)(C)CC(C)(C)C)c1ccc(Br)s1. The average Bonchev–Trinajstić information content (AvgIpc) is 2.45. The van der Waals surface area contributed by atoms with Crippen molar-refractivity contribution in [3.63, 3.8) is 0 Å². The van der Waals surface area contributed by atoms with Crippen LogP contribution in [0.1, 0.15) is 58.9 Å². The molecule has 0 aliphatic carbocycles. The molecule has 0 saturated heterocycles. The molecular formula is C14H24BrNS. The maximum absolute atomic E-state index is 3.73. The fourth-order valence-electron chi connectivity index (χ4n) is 2.60. The Morgan fingerprint density at radius 3 is 2.24 bits per heavy atom. The second-order valence-electron chi connectivity index (χ2n) is 6.63. The third-order valence-corrected chi connectivity index (χ3v) is 4.41. The highest BCUT2D eigenvalue weighted by atomic mass is 79.9. The van der Waals surface area contributed by atoms with Crippen molar-refractivity contribution in [2.75, 3.05) is 0 Å². The van der Waals surface area contributed by atoms with E-state index in [0.717, 1.165) is 6.42 Å². The van der Waals surface area contributed by atoms with Gasteiger partial charge in [-0.15, -0.1) is 11.3 Å². The van der Waals surface area contributed by atoms with Crippen molar-refractivity contribution < 1.29 is 0 Å². The van der Waals surface area contributed by atoms with Crippen molar-refractivity contribution in [1.29, 1.82) is 0 Å². The number of halogens is 1. The minimum absolute atomic E-state index is 0.161. The highest BCUT2D eigenvalue weighted by Gasteiger charge is 2.27. The Bertz CT molecular complexity index is 363. The normalized spacial score (nSPS) is 15.0. The Balaban J connectivity index is 2.64. The number of rotatable bonds is 4. The highest BCUT2D eigenvalue weighted by Crippen LogP contribution is 2.31. The van der Waals surface area contributed by atoms with E-state index in [9.17, 15) is 0 Å². The molecule has 1 rings (SSSR count). The summed E-state index contributed by atoms with van der Waals surface area (Å²) in [6, 6.07) is 4.72. The van der Waals surface area contributed by atoms with E-state index in [1.807, 2.05) is 11.3 Å². The van der Waals surface area contributed by atoms with E-state index in [-0.39, 0.29) is 5.54 Å². The van der Waals surface area contributed by atoms with Crippen molar-refractivity contribution in [2.45, 2.75) is 59.5 Å². The van der Waals surface area contributed by atoms with Crippen LogP contribution in [0.5, 0.6) is 0 Å². The largest absolute Gasteiger partial charge is 0.304 e. The van der Waals surface area contributed by atoms with E-state index < -0.39 is 0 Å². The zero-order valence-corrected chi connectivity index (χ0v) is 14.1. The van der Waals surface area contributed by atoms with Crippen molar-refractivity contribution in [3.8, 4) is 0 Å². The molecule has 1 aromatic heterocycles. The summed E-state index contributed by atoms with van der Waals surface area (Å²) < 4.78 is 1.20. The molecule has 3 heteroatoms. The molecule has 0 saturated carbocycles. The second-order valence-corrected chi connectivity index (χ2v) is 9.12. The third-order valence-electron chi connectivity index (χ3n) is 2.60. The fourth-order valence-corrected chi connectivity index (χ4v) is 4.02. The molecule has 1 N–H and O–H groups in total. The van der Waals surface area contributed by atoms with Gasteiger partial charge < -0.3 is 5.32 Å². The predicted octanol–water partition coefficient (Wildman–Crippen LogP) is 5.38. The second kappa shape index (κ2) is 5.41. The van der Waals surface area contributed by atoms with E-state index >= 15 is 0 Å². The van der Waals surface area contributed by atoms with Crippen LogP contribution in [0.2, 0.25) is 0 Å². The number of thiophene rings is 1. The molecule has 0 amide bonds. The van der Waals surface area contributed by atoms with E-state index in [1.54, 1.807) is 0 Å². The van der Waals surface area contributed by atoms with Crippen LogP contribution in [-0.4, -0.2) is 5.54 Å². The number of nitrogens with one attached hydrogen (secondary N) is 1. The van der Waals surface area contributed by atoms with Crippen molar-refractivity contribution in [1.82, 2.24) is 5.32 Å². The molecule has 1 nitrogen and oxygen atoms in total. The minimum Gasteiger partial charge on any atom is -0.304 e. The standard InChI is InChI=1S/C14H24BrNS/c1-10(11-7-8-12(15)17-11)16-14(5,6)9-13(2,3)4/h7-8,10,16H,9H2,1-6H3. The first-order valence-electron chi connectivity index (χ1n) is 6.12. The maximum Gasteiger partial charge on any atom is 0.0701 e. The molecule has 1 unspecified atom stereocenters. The van der Waals surface area contributed by atoms with Gasteiger partial charge in [0, 0.05) is 16.5 Å². The van der Waals surface area contributed by atoms with E-state index in [2.05, 4.69) is 74.9 Å². The third kappa shape index (κ3) is 5.54. The van der Waals surface area contributed by atoms with Crippen LogP contribution in [0.3, 0.4) is 0 Å². The maximum atomic E-state index is 3.73. The molecule has 0 aromatic carbocycles. The molecule has 98 valence electrons. The smallest absolute Gasteiger partial charge is 0.0701 e. The first-order chi connectivity index (χ1) is 7.59. The van der Waals surface area contributed by atoms with E-state index in [0.29, 0.717) is 11.5 Å². The Hall–Kier alpha value is 0.140. The number of hydrogen-bond acceptors (Lipinski definition) is 2. The topological polar surface area (TPSA) is 12.0 Å². The van der Waals surface area contributed by atoms with Gasteiger partial charge in [-0.3, -0.25) is 0 Å². The lowest BCUT2D eigenvalue weighted by molar-refractivity contribution is 0.227. The first kappa shape index (κ1) is 15.2. The van der Waals surface area contributed by atoms with Gasteiger partial charge in [0.15, 0.2) is 0 Å². The van der Waals surface area contributed by atoms with Crippen LogP contribution in [0.15, 0.2) is 15.9 Å². The summed E-state index contributed by atoms with van der Waals surface area (Å²) in [5, 5.41) is 3.73. The Kier molecular flexibility index (Phi) is 4.84. The molecule has 0 fully saturated rings. The molecule has 17 heavy (non-hydrogen) atoms. The highest BCUT2D eigenvalue weighted by molar-refractivity contribution is 9.11. The zero-order valence-electron chi connectivity index (χ0n) is 11.7. The summed E-state index contributed by atoms with van der Waals surface area (Å²) in [6.07, 6.45) is 1.16. The number of hydrogen-bond donors (Lipinski definition) is 1. The van der Waals surface area contributed by atoms with Gasteiger partial charge in [-0.05, 0) is 60.7 Å². The average molecular weight is 318 g/mol. The molecule has 1 heterocycles. The van der Waals surface area contributed by atoms with Gasteiger partial charge in [0.25, 0.3) is 0 Å².